The molecule has 0 N–H and O–H groups in total. The minimum Gasteiger partial charge on any atom is -0.461 e. The molecule has 0 bridgehead atoms. The summed E-state index contributed by atoms with van der Waals surface area (Å²) in [6, 6.07) is 0. The number of ether oxygens (including phenoxy) is 2. The molecule has 0 spiro atoms. The normalized spacial score (nSPS) is 13.0. The molecule has 0 aliphatic carbocycles. The number of allylic oxidation sites excluding steroid dienone is 2. The highest BCUT2D eigenvalue weighted by Crippen LogP contribution is 2.41. The zero-order chi connectivity index (χ0) is 38.9. The number of rotatable bonds is 36. The van der Waals surface area contributed by atoms with Gasteiger partial charge in [-0.15, -0.1) is 0 Å². The minimum atomic E-state index is -2.86. The topological polar surface area (TPSA) is 72.9 Å². The number of carbonyl (C=O) groups is 3. The second kappa shape index (κ2) is 32.6. The Bertz CT molecular complexity index is 915. The van der Waals surface area contributed by atoms with E-state index in [0.29, 0.717) is 37.6 Å². The second-order valence-electron chi connectivity index (χ2n) is 14.3. The Labute approximate surface area is 315 Å². The van der Waals surface area contributed by atoms with E-state index >= 15 is 0 Å². The predicted molar refractivity (Wildman–Crippen MR) is 208 cm³/mol. The summed E-state index contributed by atoms with van der Waals surface area (Å²) in [6.45, 7) is 4.66. The van der Waals surface area contributed by atoms with Gasteiger partial charge < -0.3 is 14.4 Å². The number of carbonyl (C=O) groups excluding carboxylic acids is 3. The smallest absolute Gasteiger partial charge is 0.306 e. The molecule has 0 aliphatic heterocycles. The first kappa shape index (κ1) is 50.2. The molecule has 0 rings (SSSR count). The van der Waals surface area contributed by atoms with E-state index in [1.54, 1.807) is 0 Å². The van der Waals surface area contributed by atoms with E-state index in [2.05, 4.69) is 4.90 Å². The quantitative estimate of drug-likeness (QED) is 0.0208. The Kier molecular flexibility index (Phi) is 31.5. The van der Waals surface area contributed by atoms with E-state index in [-0.39, 0.29) is 50.8 Å². The summed E-state index contributed by atoms with van der Waals surface area (Å²) in [7, 11) is 3.39. The molecule has 0 saturated carbocycles. The van der Waals surface area contributed by atoms with Crippen molar-refractivity contribution in [1.82, 2.24) is 4.90 Å². The molecule has 0 atom stereocenters. The minimum absolute atomic E-state index is 0.131. The monoisotopic (exact) mass is 766 g/mol. The first-order valence-corrected chi connectivity index (χ1v) is 21.9. The maximum absolute atomic E-state index is 13.8. The van der Waals surface area contributed by atoms with Crippen LogP contribution >= 0.6 is 7.92 Å². The Morgan fingerprint density at radius 3 is 1.38 bits per heavy atom. The highest BCUT2D eigenvalue weighted by atomic mass is 31.1. The van der Waals surface area contributed by atoms with Gasteiger partial charge in [-0.3, -0.25) is 14.4 Å². The Hall–Kier alpha value is -1.80. The van der Waals surface area contributed by atoms with Crippen LogP contribution in [0.1, 0.15) is 162 Å². The lowest BCUT2D eigenvalue weighted by molar-refractivity contribution is -0.143. The van der Waals surface area contributed by atoms with Crippen molar-refractivity contribution in [2.75, 3.05) is 46.2 Å². The van der Waals surface area contributed by atoms with Crippen molar-refractivity contribution in [3.8, 4) is 0 Å². The number of hydrogen-bond donors (Lipinski definition) is 0. The number of unbranched alkanes of at least 4 members (excludes halogenated alkanes) is 13. The fourth-order valence-electron chi connectivity index (χ4n) is 5.68. The van der Waals surface area contributed by atoms with Gasteiger partial charge in [0.25, 0.3) is 11.8 Å². The molecule has 304 valence electrons. The van der Waals surface area contributed by atoms with Gasteiger partial charge in [0.1, 0.15) is 13.2 Å². The van der Waals surface area contributed by atoms with E-state index in [0.717, 1.165) is 121 Å². The summed E-state index contributed by atoms with van der Waals surface area (Å²) >= 11 is 0. The van der Waals surface area contributed by atoms with Crippen LogP contribution in [0.2, 0.25) is 0 Å². The van der Waals surface area contributed by atoms with Crippen LogP contribution in [0.25, 0.3) is 0 Å². The van der Waals surface area contributed by atoms with Crippen LogP contribution in [0, 0.1) is 0 Å². The van der Waals surface area contributed by atoms with Gasteiger partial charge in [-0.1, -0.05) is 78.1 Å². The Morgan fingerprint density at radius 2 is 0.962 bits per heavy atom. The molecule has 6 nitrogen and oxygen atoms in total. The van der Waals surface area contributed by atoms with Gasteiger partial charge in [0.2, 0.25) is 0 Å². The highest BCUT2D eigenvalue weighted by molar-refractivity contribution is 7.74. The van der Waals surface area contributed by atoms with Crippen molar-refractivity contribution in [3.05, 3.63) is 24.3 Å². The van der Waals surface area contributed by atoms with E-state index in [1.165, 1.54) is 12.2 Å². The van der Waals surface area contributed by atoms with Crippen LogP contribution in [0.3, 0.4) is 0 Å². The van der Waals surface area contributed by atoms with Crippen molar-refractivity contribution in [1.29, 1.82) is 0 Å². The van der Waals surface area contributed by atoms with E-state index in [4.69, 9.17) is 9.47 Å². The first-order chi connectivity index (χ1) is 24.8. The molecule has 0 heterocycles. The molecule has 0 aliphatic rings. The van der Waals surface area contributed by atoms with E-state index in [1.807, 2.05) is 27.9 Å². The van der Waals surface area contributed by atoms with Crippen LogP contribution < -0.4 is 0 Å². The van der Waals surface area contributed by atoms with Crippen molar-refractivity contribution in [3.63, 3.8) is 0 Å². The summed E-state index contributed by atoms with van der Waals surface area (Å²) in [6.07, 6.45) is 22.1. The lowest BCUT2D eigenvalue weighted by Crippen LogP contribution is -2.13. The van der Waals surface area contributed by atoms with Crippen molar-refractivity contribution in [2.45, 2.75) is 173 Å². The Balaban J connectivity index is 4.30. The SMILES string of the molecule is CCCCCC(F)(F)C=CCOC(=O)CCCCCCCP(CCCCCCCC(=O)OCC=CC(F)(F)CCCCC)C(=O)CCCCN(C)C. The van der Waals surface area contributed by atoms with E-state index in [9.17, 15) is 31.9 Å². The molecule has 0 saturated heterocycles. The number of nitrogens with zero attached hydrogens (tertiary/aromatic N) is 1. The molecular weight excluding hydrogens is 693 g/mol. The number of hydrogen-bond acceptors (Lipinski definition) is 6. The fraction of sp³-hybridized carbons (Fsp3) is 0.829. The van der Waals surface area contributed by atoms with Gasteiger partial charge in [-0.05, 0) is 117 Å². The van der Waals surface area contributed by atoms with Gasteiger partial charge in [0.05, 0.1) is 0 Å². The van der Waals surface area contributed by atoms with Crippen LogP contribution in [0.15, 0.2) is 24.3 Å². The van der Waals surface area contributed by atoms with E-state index < -0.39 is 19.8 Å². The predicted octanol–water partition coefficient (Wildman–Crippen LogP) is 12.0. The second-order valence-corrected chi connectivity index (χ2v) is 16.8. The molecule has 0 aromatic rings. The molecule has 11 heteroatoms. The zero-order valence-corrected chi connectivity index (χ0v) is 34.0. The number of esters is 2. The number of halogens is 4. The van der Waals surface area contributed by atoms with Crippen LogP contribution in [-0.4, -0.2) is 80.4 Å². The summed E-state index contributed by atoms with van der Waals surface area (Å²) in [5, 5.41) is 0. The lowest BCUT2D eigenvalue weighted by atomic mass is 10.1. The highest BCUT2D eigenvalue weighted by Gasteiger charge is 2.24. The average Bonchev–Trinajstić information content (AvgIpc) is 3.08. The summed E-state index contributed by atoms with van der Waals surface area (Å²) < 4.78 is 65.2. The van der Waals surface area contributed by atoms with Crippen LogP contribution in [-0.2, 0) is 23.9 Å². The summed E-state index contributed by atoms with van der Waals surface area (Å²) in [4.78, 5) is 39.2. The molecule has 0 amide bonds. The lowest BCUT2D eigenvalue weighted by Gasteiger charge is -2.17. The zero-order valence-electron chi connectivity index (χ0n) is 33.1. The molecule has 52 heavy (non-hydrogen) atoms. The number of alkyl halides is 4. The van der Waals surface area contributed by atoms with Crippen molar-refractivity contribution in [2.24, 2.45) is 0 Å². The first-order valence-electron chi connectivity index (χ1n) is 20.2. The third-order valence-electron chi connectivity index (χ3n) is 8.85. The van der Waals surface area contributed by atoms with Crippen molar-refractivity contribution >= 4 is 25.4 Å². The molecule has 0 fully saturated rings. The van der Waals surface area contributed by atoms with Gasteiger partial charge in [0.15, 0.2) is 5.52 Å². The Morgan fingerprint density at radius 1 is 0.558 bits per heavy atom. The van der Waals surface area contributed by atoms with Gasteiger partial charge in [0, 0.05) is 32.1 Å². The molecule has 0 aromatic heterocycles. The average molecular weight is 766 g/mol. The summed E-state index contributed by atoms with van der Waals surface area (Å²) in [5.74, 6) is -6.46. The third kappa shape index (κ3) is 32.8. The molecule has 0 unspecified atom stereocenters. The third-order valence-corrected chi connectivity index (χ3v) is 11.5. The molecular formula is C41H72F4NO5P. The maximum atomic E-state index is 13.8. The van der Waals surface area contributed by atoms with Gasteiger partial charge >= 0.3 is 11.9 Å². The van der Waals surface area contributed by atoms with Crippen LogP contribution in [0.4, 0.5) is 17.6 Å². The van der Waals surface area contributed by atoms with Crippen molar-refractivity contribution < 1.29 is 41.4 Å². The standard InChI is InChI=1S/C41H72F4NO5P/c1-5-7-18-28-40(42,43)30-23-33-50-37(47)25-15-11-9-13-21-35-52(39(49)27-17-20-32-46(3)4)36-22-14-10-12-16-26-38(48)51-34-24-31-41(44,45)29-19-8-6-2/h23-24,30-31H,5-22,25-29,32-36H2,1-4H3. The van der Waals surface area contributed by atoms with Crippen LogP contribution in [0.5, 0.6) is 0 Å². The fourth-order valence-corrected chi connectivity index (χ4v) is 8.09. The van der Waals surface area contributed by atoms with Gasteiger partial charge in [-0.2, -0.15) is 0 Å². The molecule has 0 aromatic carbocycles. The molecule has 0 radical (unpaired) electrons. The maximum Gasteiger partial charge on any atom is 0.306 e. The van der Waals surface area contributed by atoms with Gasteiger partial charge in [-0.25, -0.2) is 17.6 Å². The largest absolute Gasteiger partial charge is 0.461 e. The summed E-state index contributed by atoms with van der Waals surface area (Å²) in [5.41, 5.74) is 0.416.